The average Bonchev–Trinajstić information content (AvgIpc) is 2.93. The van der Waals surface area contributed by atoms with E-state index in [1.54, 1.807) is 25.1 Å². The molecule has 44 heavy (non-hydrogen) atoms. The Labute approximate surface area is 262 Å². The molecule has 2 amide bonds. The van der Waals surface area contributed by atoms with Crippen LogP contribution >= 0.6 is 0 Å². The fraction of sp³-hybridized carbons (Fsp3) is 0.562. The Morgan fingerprint density at radius 1 is 0.977 bits per heavy atom. The maximum Gasteiger partial charge on any atom is 0.252 e. The fourth-order valence-corrected chi connectivity index (χ4v) is 6.56. The van der Waals surface area contributed by atoms with Gasteiger partial charge in [0.15, 0.2) is 11.5 Å². The third kappa shape index (κ3) is 10.2. The molecule has 12 heteroatoms. The number of benzene rings is 2. The van der Waals surface area contributed by atoms with Crippen molar-refractivity contribution >= 4 is 21.8 Å². The van der Waals surface area contributed by atoms with Gasteiger partial charge in [-0.15, -0.1) is 0 Å². The van der Waals surface area contributed by atoms with Gasteiger partial charge in [0.05, 0.1) is 23.6 Å². The quantitative estimate of drug-likeness (QED) is 0.323. The van der Waals surface area contributed by atoms with Gasteiger partial charge in [-0.2, -0.15) is 4.31 Å². The summed E-state index contributed by atoms with van der Waals surface area (Å²) in [6, 6.07) is 12.8. The number of nitrogens with one attached hydrogen (secondary N) is 1. The highest BCUT2D eigenvalue weighted by Crippen LogP contribution is 2.33. The summed E-state index contributed by atoms with van der Waals surface area (Å²) in [5.41, 5.74) is 3.14. The minimum absolute atomic E-state index is 0.00848. The maximum absolute atomic E-state index is 14.0. The highest BCUT2D eigenvalue weighted by atomic mass is 32.2. The zero-order chi connectivity index (χ0) is 32.7. The molecule has 2 atom stereocenters. The zero-order valence-electron chi connectivity index (χ0n) is 26.9. The van der Waals surface area contributed by atoms with Gasteiger partial charge in [-0.1, -0.05) is 65.0 Å². The molecule has 3 rings (SSSR count). The first-order chi connectivity index (χ1) is 20.6. The van der Waals surface area contributed by atoms with Crippen LogP contribution in [0.15, 0.2) is 53.4 Å². The van der Waals surface area contributed by atoms with Gasteiger partial charge in [-0.25, -0.2) is 13.4 Å². The van der Waals surface area contributed by atoms with Gasteiger partial charge >= 0.3 is 0 Å². The van der Waals surface area contributed by atoms with Crippen LogP contribution in [0.2, 0.25) is 0 Å². The molecule has 1 aliphatic heterocycles. The Morgan fingerprint density at radius 3 is 2.20 bits per heavy atom. The average molecular weight is 633 g/mol. The smallest absolute Gasteiger partial charge is 0.252 e. The summed E-state index contributed by atoms with van der Waals surface area (Å²) in [5, 5.41) is 13.1. The van der Waals surface area contributed by atoms with Crippen molar-refractivity contribution in [1.82, 2.24) is 19.6 Å². The number of likely N-dealkylation sites (N-methyl/N-ethyl adjacent to an activating group) is 1. The third-order valence-corrected chi connectivity index (χ3v) is 8.66. The molecule has 0 saturated heterocycles. The van der Waals surface area contributed by atoms with Crippen LogP contribution in [0, 0.1) is 11.3 Å². The summed E-state index contributed by atoms with van der Waals surface area (Å²) < 4.78 is 40.5. The fourth-order valence-electron chi connectivity index (χ4n) is 4.92. The number of hydrogen-bond donors (Lipinski definition) is 2. The number of amides is 2. The molecular formula is C32H48N4O7S. The lowest BCUT2D eigenvalue weighted by Crippen LogP contribution is -2.60. The molecule has 0 spiro atoms. The Hall–Kier alpha value is -3.19. The second kappa shape index (κ2) is 15.2. The van der Waals surface area contributed by atoms with Crippen molar-refractivity contribution in [2.75, 3.05) is 46.9 Å². The lowest BCUT2D eigenvalue weighted by molar-refractivity contribution is -0.149. The Morgan fingerprint density at radius 2 is 1.61 bits per heavy atom. The monoisotopic (exact) mass is 632 g/mol. The molecule has 2 aromatic rings. The Kier molecular flexibility index (Phi) is 12.2. The van der Waals surface area contributed by atoms with Gasteiger partial charge in [0.1, 0.15) is 13.2 Å². The standard InChI is InChI=1S/C32H48N4O7S/c1-23(2)20-35(44(40,41)25-13-14-28-29(18-25)43-16-15-42-28)21-27(37)26(17-24-11-9-8-10-12-24)36(31(39)19-32(3,4)5)33-30(38)22-34(6)7/h8-14,18,23,26-27,37H,15-17,19-22H2,1-7H3,(H,33,38)/t26-,27+/m0/s1. The molecule has 11 nitrogen and oxygen atoms in total. The van der Waals surface area contributed by atoms with Gasteiger partial charge in [-0.05, 0) is 49.5 Å². The van der Waals surface area contributed by atoms with E-state index in [1.807, 2.05) is 65.0 Å². The van der Waals surface area contributed by atoms with E-state index in [0.29, 0.717) is 24.7 Å². The summed E-state index contributed by atoms with van der Waals surface area (Å²) in [7, 11) is -0.625. The van der Waals surface area contributed by atoms with Crippen LogP contribution in [0.1, 0.15) is 46.6 Å². The molecule has 0 bridgehead atoms. The van der Waals surface area contributed by atoms with Crippen molar-refractivity contribution in [3.63, 3.8) is 0 Å². The summed E-state index contributed by atoms with van der Waals surface area (Å²) >= 11 is 0. The minimum atomic E-state index is -4.10. The first-order valence-corrected chi connectivity index (χ1v) is 16.4. The normalized spacial score (nSPS) is 14.9. The lowest BCUT2D eigenvalue weighted by atomic mass is 9.91. The molecule has 0 unspecified atom stereocenters. The van der Waals surface area contributed by atoms with Crippen LogP contribution in [0.4, 0.5) is 0 Å². The van der Waals surface area contributed by atoms with Gasteiger partial charge in [0.25, 0.3) is 5.91 Å². The van der Waals surface area contributed by atoms with Crippen molar-refractivity contribution in [2.24, 2.45) is 11.3 Å². The van der Waals surface area contributed by atoms with E-state index in [0.717, 1.165) is 5.56 Å². The topological polar surface area (TPSA) is 129 Å². The number of hydrazine groups is 1. The van der Waals surface area contributed by atoms with Crippen LogP contribution in [-0.4, -0.2) is 98.6 Å². The highest BCUT2D eigenvalue weighted by Gasteiger charge is 2.37. The van der Waals surface area contributed by atoms with E-state index in [1.165, 1.54) is 21.4 Å². The molecule has 2 aromatic carbocycles. The van der Waals surface area contributed by atoms with E-state index < -0.39 is 33.5 Å². The van der Waals surface area contributed by atoms with Crippen molar-refractivity contribution in [2.45, 2.75) is 64.5 Å². The van der Waals surface area contributed by atoms with Gasteiger partial charge in [-0.3, -0.25) is 15.0 Å². The predicted octanol–water partition coefficient (Wildman–Crippen LogP) is 2.93. The molecule has 1 heterocycles. The third-order valence-electron chi connectivity index (χ3n) is 6.83. The molecule has 0 aliphatic carbocycles. The number of fused-ring (bicyclic) bond motifs is 1. The van der Waals surface area contributed by atoms with Crippen LogP contribution < -0.4 is 14.9 Å². The largest absolute Gasteiger partial charge is 0.486 e. The van der Waals surface area contributed by atoms with E-state index >= 15 is 0 Å². The number of rotatable bonds is 13. The highest BCUT2D eigenvalue weighted by molar-refractivity contribution is 7.89. The first kappa shape index (κ1) is 35.3. The van der Waals surface area contributed by atoms with Crippen molar-refractivity contribution < 1.29 is 32.6 Å². The van der Waals surface area contributed by atoms with Crippen LogP contribution in [0.25, 0.3) is 0 Å². The van der Waals surface area contributed by atoms with Crippen LogP contribution in [-0.2, 0) is 26.0 Å². The minimum Gasteiger partial charge on any atom is -0.486 e. The van der Waals surface area contributed by atoms with E-state index in [9.17, 15) is 23.1 Å². The van der Waals surface area contributed by atoms with E-state index in [-0.39, 0.29) is 49.2 Å². The van der Waals surface area contributed by atoms with Gasteiger partial charge in [0, 0.05) is 25.6 Å². The molecule has 0 radical (unpaired) electrons. The SMILES string of the molecule is CC(C)CN(C[C@@H](O)[C@H](Cc1ccccc1)N(NC(=O)CN(C)C)C(=O)CC(C)(C)C)S(=O)(=O)c1ccc2c(c1)OCCO2. The second-order valence-electron chi connectivity index (χ2n) is 13.1. The summed E-state index contributed by atoms with van der Waals surface area (Å²) in [5.74, 6) is -0.0674. The lowest BCUT2D eigenvalue weighted by Gasteiger charge is -2.38. The molecule has 0 saturated carbocycles. The number of carbonyl (C=O) groups excluding carboxylic acids is 2. The number of hydrogen-bond acceptors (Lipinski definition) is 8. The molecule has 2 N–H and O–H groups in total. The number of aliphatic hydroxyl groups excluding tert-OH is 1. The number of aliphatic hydroxyl groups is 1. The van der Waals surface area contributed by atoms with E-state index in [2.05, 4.69) is 5.43 Å². The number of ether oxygens (including phenoxy) is 2. The zero-order valence-corrected chi connectivity index (χ0v) is 27.8. The Bertz CT molecular complexity index is 1360. The van der Waals surface area contributed by atoms with Crippen LogP contribution in [0.5, 0.6) is 11.5 Å². The van der Waals surface area contributed by atoms with Gasteiger partial charge < -0.3 is 19.5 Å². The summed E-state index contributed by atoms with van der Waals surface area (Å²) in [6.07, 6.45) is -1.08. The Balaban J connectivity index is 2.02. The molecule has 0 fully saturated rings. The van der Waals surface area contributed by atoms with E-state index in [4.69, 9.17) is 9.47 Å². The van der Waals surface area contributed by atoms with Crippen molar-refractivity contribution in [3.8, 4) is 11.5 Å². The first-order valence-electron chi connectivity index (χ1n) is 14.9. The summed E-state index contributed by atoms with van der Waals surface area (Å²) in [6.45, 7) is 10.0. The number of sulfonamides is 1. The number of nitrogens with zero attached hydrogens (tertiary/aromatic N) is 3. The van der Waals surface area contributed by atoms with Crippen LogP contribution in [0.3, 0.4) is 0 Å². The second-order valence-corrected chi connectivity index (χ2v) is 15.1. The van der Waals surface area contributed by atoms with Crippen molar-refractivity contribution in [3.05, 3.63) is 54.1 Å². The summed E-state index contributed by atoms with van der Waals surface area (Å²) in [4.78, 5) is 28.4. The predicted molar refractivity (Wildman–Crippen MR) is 169 cm³/mol. The molecule has 244 valence electrons. The molecule has 0 aromatic heterocycles. The maximum atomic E-state index is 14.0. The van der Waals surface area contributed by atoms with Crippen molar-refractivity contribution in [1.29, 1.82) is 0 Å². The molecular weight excluding hydrogens is 584 g/mol. The number of carbonyl (C=O) groups is 2. The molecule has 1 aliphatic rings. The van der Waals surface area contributed by atoms with Gasteiger partial charge in [0.2, 0.25) is 15.9 Å².